The molecule has 3 nitrogen and oxygen atoms in total. The highest BCUT2D eigenvalue weighted by Crippen LogP contribution is 2.26. The summed E-state index contributed by atoms with van der Waals surface area (Å²) < 4.78 is 31.8. The van der Waals surface area contributed by atoms with Crippen molar-refractivity contribution in [2.45, 2.75) is 19.3 Å². The third-order valence-electron chi connectivity index (χ3n) is 5.44. The van der Waals surface area contributed by atoms with E-state index in [0.29, 0.717) is 11.1 Å². The van der Waals surface area contributed by atoms with Crippen LogP contribution in [-0.2, 0) is 4.65 Å². The summed E-state index contributed by atoms with van der Waals surface area (Å²) in [6.45, 7) is 2.02. The van der Waals surface area contributed by atoms with Gasteiger partial charge in [0.25, 0.3) is 0 Å². The van der Waals surface area contributed by atoms with E-state index >= 15 is 0 Å². The van der Waals surface area contributed by atoms with Crippen molar-refractivity contribution in [3.05, 3.63) is 82.3 Å². The highest BCUT2D eigenvalue weighted by Gasteiger charge is 2.21. The van der Waals surface area contributed by atoms with E-state index in [1.54, 1.807) is 24.3 Å². The van der Waals surface area contributed by atoms with Crippen LogP contribution in [0.15, 0.2) is 71.2 Å². The molecule has 0 N–H and O–H groups in total. The molecule has 158 valence electrons. The number of nitrogens with zero attached hydrogens (tertiary/aromatic N) is 1. The van der Waals surface area contributed by atoms with Crippen molar-refractivity contribution in [3.8, 4) is 0 Å². The van der Waals surface area contributed by atoms with Gasteiger partial charge in [-0.1, -0.05) is 34.1 Å². The van der Waals surface area contributed by atoms with Gasteiger partial charge in [0.05, 0.1) is 0 Å². The predicted molar refractivity (Wildman–Crippen MR) is 126 cm³/mol. The van der Waals surface area contributed by atoms with E-state index in [2.05, 4.69) is 20.8 Å². The first kappa shape index (κ1) is 21.6. The molecule has 1 aliphatic heterocycles. The summed E-state index contributed by atoms with van der Waals surface area (Å²) in [5.74, 6) is -0.526. The van der Waals surface area contributed by atoms with E-state index < -0.39 is 7.47 Å². The zero-order chi connectivity index (χ0) is 21.8. The lowest BCUT2D eigenvalue weighted by molar-refractivity contribution is 0.104. The van der Waals surface area contributed by atoms with Gasteiger partial charge in [-0.3, -0.25) is 4.79 Å². The fourth-order valence-corrected chi connectivity index (χ4v) is 4.22. The second-order valence-corrected chi connectivity index (χ2v) is 8.47. The standard InChI is InChI=1S/C24H21BBrF2NO2/c26-21-9-6-18-14-20(5-4-19(18)15-21)24(31-25(27)28)16-23(30)17-7-10-22(11-8-17)29-12-2-1-3-13-29/h4-11,14-16H,1-3,12-13H2/b24-16-. The molecule has 0 amide bonds. The fourth-order valence-electron chi connectivity index (χ4n) is 3.84. The Kier molecular flexibility index (Phi) is 6.71. The summed E-state index contributed by atoms with van der Waals surface area (Å²) in [5, 5.41) is 1.82. The van der Waals surface area contributed by atoms with Crippen LogP contribution in [0.3, 0.4) is 0 Å². The Morgan fingerprint density at radius 3 is 2.26 bits per heavy atom. The number of ketones is 1. The van der Waals surface area contributed by atoms with Crippen molar-refractivity contribution in [3.63, 3.8) is 0 Å². The highest BCUT2D eigenvalue weighted by molar-refractivity contribution is 9.10. The lowest BCUT2D eigenvalue weighted by Crippen LogP contribution is -2.29. The molecule has 0 aromatic heterocycles. The van der Waals surface area contributed by atoms with Crippen molar-refractivity contribution in [2.75, 3.05) is 18.0 Å². The number of piperidine rings is 1. The summed E-state index contributed by atoms with van der Waals surface area (Å²) in [5.41, 5.74) is 1.93. The van der Waals surface area contributed by atoms with Gasteiger partial charge < -0.3 is 9.55 Å². The summed E-state index contributed by atoms with van der Waals surface area (Å²) in [6, 6.07) is 18.2. The number of rotatable bonds is 6. The van der Waals surface area contributed by atoms with Gasteiger partial charge in [-0.15, -0.1) is 0 Å². The first-order valence-corrected chi connectivity index (χ1v) is 11.0. The van der Waals surface area contributed by atoms with Crippen LogP contribution in [0.25, 0.3) is 16.5 Å². The number of hydrogen-bond donors (Lipinski definition) is 0. The van der Waals surface area contributed by atoms with E-state index in [1.165, 1.54) is 19.3 Å². The molecule has 0 atom stereocenters. The monoisotopic (exact) mass is 483 g/mol. The minimum atomic E-state index is -3.03. The molecule has 1 heterocycles. The number of carbonyl (C=O) groups is 1. The Morgan fingerprint density at radius 2 is 1.55 bits per heavy atom. The molecular formula is C24H21BBrF2NO2. The molecule has 31 heavy (non-hydrogen) atoms. The van der Waals surface area contributed by atoms with Crippen molar-refractivity contribution in [2.24, 2.45) is 0 Å². The third-order valence-corrected chi connectivity index (χ3v) is 5.93. The summed E-state index contributed by atoms with van der Waals surface area (Å²) in [6.07, 6.45) is 4.72. The SMILES string of the molecule is O=C(/C=C(\OB(F)F)c1ccc2cc(Br)ccc2c1)c1ccc(N2CCCCC2)cc1. The number of hydrogen-bond acceptors (Lipinski definition) is 3. The number of allylic oxidation sites excluding steroid dienone is 1. The van der Waals surface area contributed by atoms with Crippen molar-refractivity contribution >= 4 is 51.4 Å². The highest BCUT2D eigenvalue weighted by atomic mass is 79.9. The number of fused-ring (bicyclic) bond motifs is 1. The van der Waals surface area contributed by atoms with E-state index in [0.717, 1.165) is 40.1 Å². The molecule has 3 aromatic rings. The molecule has 0 saturated carbocycles. The average molecular weight is 484 g/mol. The van der Waals surface area contributed by atoms with E-state index in [-0.39, 0.29) is 11.5 Å². The Morgan fingerprint density at radius 1 is 0.903 bits per heavy atom. The minimum absolute atomic E-state index is 0.148. The Balaban J connectivity index is 1.60. The smallest absolute Gasteiger partial charge is 0.505 e. The van der Waals surface area contributed by atoms with Gasteiger partial charge in [-0.2, -0.15) is 0 Å². The molecule has 1 fully saturated rings. The minimum Gasteiger partial charge on any atom is -0.505 e. The second-order valence-electron chi connectivity index (χ2n) is 7.55. The van der Waals surface area contributed by atoms with Gasteiger partial charge in [0, 0.05) is 40.5 Å². The first-order chi connectivity index (χ1) is 15.0. The normalized spacial score (nSPS) is 14.5. The van der Waals surface area contributed by atoms with Crippen LogP contribution in [-0.4, -0.2) is 26.3 Å². The van der Waals surface area contributed by atoms with E-state index in [9.17, 15) is 13.4 Å². The summed E-state index contributed by atoms with van der Waals surface area (Å²) in [7, 11) is -3.03. The Labute approximate surface area is 189 Å². The van der Waals surface area contributed by atoms with Crippen LogP contribution in [0.4, 0.5) is 14.3 Å². The van der Waals surface area contributed by atoms with Crippen LogP contribution in [0.1, 0.15) is 35.2 Å². The Bertz CT molecular complexity index is 1110. The first-order valence-electron chi connectivity index (χ1n) is 10.3. The van der Waals surface area contributed by atoms with Gasteiger partial charge in [0.15, 0.2) is 5.78 Å². The molecule has 0 radical (unpaired) electrons. The maximum atomic E-state index is 13.1. The number of carbonyl (C=O) groups excluding carboxylic acids is 1. The van der Waals surface area contributed by atoms with Gasteiger partial charge in [-0.25, -0.2) is 8.63 Å². The van der Waals surface area contributed by atoms with Crippen LogP contribution in [0.2, 0.25) is 0 Å². The molecule has 7 heteroatoms. The average Bonchev–Trinajstić information content (AvgIpc) is 2.78. The number of halogens is 3. The zero-order valence-corrected chi connectivity index (χ0v) is 18.4. The fraction of sp³-hybridized carbons (Fsp3) is 0.208. The van der Waals surface area contributed by atoms with Crippen LogP contribution in [0, 0.1) is 0 Å². The number of anilines is 1. The molecule has 0 bridgehead atoms. The molecule has 0 unspecified atom stereocenters. The second kappa shape index (κ2) is 9.64. The van der Waals surface area contributed by atoms with Crippen molar-refractivity contribution in [1.29, 1.82) is 0 Å². The molecule has 3 aromatic carbocycles. The predicted octanol–water partition coefficient (Wildman–Crippen LogP) is 6.76. The molecule has 0 spiro atoms. The lowest BCUT2D eigenvalue weighted by Gasteiger charge is -2.28. The zero-order valence-electron chi connectivity index (χ0n) is 16.9. The van der Waals surface area contributed by atoms with Crippen LogP contribution < -0.4 is 4.90 Å². The van der Waals surface area contributed by atoms with E-state index in [4.69, 9.17) is 4.65 Å². The molecule has 0 aliphatic carbocycles. The Hall–Kier alpha value is -2.67. The topological polar surface area (TPSA) is 29.5 Å². The lowest BCUT2D eigenvalue weighted by atomic mass is 10.0. The molecule has 1 aliphatic rings. The van der Waals surface area contributed by atoms with Gasteiger partial charge in [0.1, 0.15) is 5.76 Å². The van der Waals surface area contributed by atoms with Gasteiger partial charge in [0.2, 0.25) is 0 Å². The van der Waals surface area contributed by atoms with E-state index in [1.807, 2.05) is 36.4 Å². The van der Waals surface area contributed by atoms with Crippen molar-refractivity contribution < 1.29 is 18.1 Å². The maximum Gasteiger partial charge on any atom is 0.796 e. The van der Waals surface area contributed by atoms with Gasteiger partial charge in [-0.05, 0) is 72.5 Å². The summed E-state index contributed by atoms with van der Waals surface area (Å²) >= 11 is 3.42. The largest absolute Gasteiger partial charge is 0.796 e. The molecule has 1 saturated heterocycles. The maximum absolute atomic E-state index is 13.1. The van der Waals surface area contributed by atoms with Crippen LogP contribution >= 0.6 is 15.9 Å². The summed E-state index contributed by atoms with van der Waals surface area (Å²) in [4.78, 5) is 15.1. The van der Waals surface area contributed by atoms with Crippen molar-refractivity contribution in [1.82, 2.24) is 0 Å². The number of benzene rings is 3. The quantitative estimate of drug-likeness (QED) is 0.168. The third kappa shape index (κ3) is 5.34. The van der Waals surface area contributed by atoms with Gasteiger partial charge >= 0.3 is 7.47 Å². The molecule has 4 rings (SSSR count). The van der Waals surface area contributed by atoms with Crippen LogP contribution in [0.5, 0.6) is 0 Å². The molecular weight excluding hydrogens is 463 g/mol.